The van der Waals surface area contributed by atoms with Crippen molar-refractivity contribution in [2.45, 2.75) is 5.41 Å². The van der Waals surface area contributed by atoms with Crippen LogP contribution >= 0.6 is 0 Å². The van der Waals surface area contributed by atoms with Gasteiger partial charge in [-0.1, -0.05) is 170 Å². The van der Waals surface area contributed by atoms with Crippen LogP contribution in [0.25, 0.3) is 71.6 Å². The lowest BCUT2D eigenvalue weighted by Gasteiger charge is -2.32. The molecule has 1 spiro atoms. The Balaban J connectivity index is 1.03. The highest BCUT2D eigenvalue weighted by Gasteiger charge is 2.51. The highest BCUT2D eigenvalue weighted by molar-refractivity contribution is 6.10. The van der Waals surface area contributed by atoms with Crippen molar-refractivity contribution in [3.05, 3.63) is 253 Å². The molecule has 0 unspecified atom stereocenters. The number of nitrogens with zero attached hydrogens (tertiary/aromatic N) is 2. The largest absolute Gasteiger partial charge is 0.310 e. The predicted molar refractivity (Wildman–Crippen MR) is 255 cm³/mol. The Labute approximate surface area is 354 Å². The molecule has 0 atom stereocenters. The fraction of sp³-hybridized carbons (Fsp3) is 0.0169. The van der Waals surface area contributed by atoms with E-state index in [1.165, 1.54) is 88.2 Å². The van der Waals surface area contributed by atoms with Crippen LogP contribution in [0.4, 0.5) is 17.1 Å². The van der Waals surface area contributed by atoms with Crippen molar-refractivity contribution in [1.82, 2.24) is 4.57 Å². The fourth-order valence-electron chi connectivity index (χ4n) is 10.8. The second-order valence-corrected chi connectivity index (χ2v) is 16.5. The van der Waals surface area contributed by atoms with Crippen molar-refractivity contribution < 1.29 is 0 Å². The second-order valence-electron chi connectivity index (χ2n) is 16.5. The lowest BCUT2D eigenvalue weighted by atomic mass is 9.70. The molecular formula is C59H38N2. The van der Waals surface area contributed by atoms with Crippen LogP contribution in [-0.4, -0.2) is 4.57 Å². The first-order chi connectivity index (χ1) is 30.3. The van der Waals surface area contributed by atoms with E-state index >= 15 is 0 Å². The van der Waals surface area contributed by atoms with Gasteiger partial charge in [0.05, 0.1) is 16.4 Å². The molecule has 61 heavy (non-hydrogen) atoms. The summed E-state index contributed by atoms with van der Waals surface area (Å²) in [7, 11) is 0. The molecule has 0 amide bonds. The third kappa shape index (κ3) is 4.85. The average molecular weight is 775 g/mol. The summed E-state index contributed by atoms with van der Waals surface area (Å²) in [4.78, 5) is 2.46. The number of aromatic nitrogens is 1. The summed E-state index contributed by atoms with van der Waals surface area (Å²) in [5, 5.41) is 4.95. The Morgan fingerprint density at radius 3 is 1.62 bits per heavy atom. The molecule has 2 heteroatoms. The van der Waals surface area contributed by atoms with Gasteiger partial charge in [-0.05, 0) is 127 Å². The van der Waals surface area contributed by atoms with Crippen LogP contribution < -0.4 is 4.90 Å². The van der Waals surface area contributed by atoms with Crippen molar-refractivity contribution in [2.24, 2.45) is 0 Å². The van der Waals surface area contributed by atoms with Crippen molar-refractivity contribution in [1.29, 1.82) is 0 Å². The molecular weight excluding hydrogens is 737 g/mol. The van der Waals surface area contributed by atoms with Gasteiger partial charge in [-0.25, -0.2) is 0 Å². The van der Waals surface area contributed by atoms with Gasteiger partial charge in [-0.3, -0.25) is 0 Å². The van der Waals surface area contributed by atoms with Crippen LogP contribution in [0.3, 0.4) is 0 Å². The Hall–Kier alpha value is -7.94. The quantitative estimate of drug-likeness (QED) is 0.169. The van der Waals surface area contributed by atoms with Crippen LogP contribution in [0.15, 0.2) is 231 Å². The van der Waals surface area contributed by atoms with E-state index in [2.05, 4.69) is 240 Å². The minimum Gasteiger partial charge on any atom is -0.310 e. The Morgan fingerprint density at radius 2 is 0.869 bits per heavy atom. The molecule has 0 N–H and O–H groups in total. The van der Waals surface area contributed by atoms with Gasteiger partial charge in [0, 0.05) is 33.5 Å². The first kappa shape index (κ1) is 34.0. The second kappa shape index (κ2) is 13.0. The van der Waals surface area contributed by atoms with Gasteiger partial charge in [0.2, 0.25) is 0 Å². The Kier molecular flexibility index (Phi) is 7.26. The molecule has 2 aliphatic rings. The van der Waals surface area contributed by atoms with Crippen molar-refractivity contribution in [3.8, 4) is 39.1 Å². The SMILES string of the molecule is c1ccc(-n2c3ccccc3c3ccc(-c4cccc(N(c5ccc6c(c5)C5(c7ccccc7-c7ccccc75)c5ccccc5-6)c5ccc6ccccc6c5)c4)cc32)cc1. The summed E-state index contributed by atoms with van der Waals surface area (Å²) < 4.78 is 2.40. The van der Waals surface area contributed by atoms with Crippen LogP contribution in [0.1, 0.15) is 22.3 Å². The van der Waals surface area contributed by atoms with Gasteiger partial charge in [0.1, 0.15) is 0 Å². The molecule has 10 aromatic carbocycles. The molecule has 0 saturated heterocycles. The Bertz CT molecular complexity index is 3490. The fourth-order valence-corrected chi connectivity index (χ4v) is 10.8. The summed E-state index contributed by atoms with van der Waals surface area (Å²) in [5.41, 5.74) is 19.4. The number of hydrogen-bond acceptors (Lipinski definition) is 1. The number of rotatable bonds is 5. The van der Waals surface area contributed by atoms with E-state index in [1.54, 1.807) is 0 Å². The highest BCUT2D eigenvalue weighted by Crippen LogP contribution is 2.63. The number of anilines is 3. The van der Waals surface area contributed by atoms with Gasteiger partial charge in [0.15, 0.2) is 0 Å². The molecule has 1 aromatic heterocycles. The van der Waals surface area contributed by atoms with E-state index in [0.29, 0.717) is 0 Å². The monoisotopic (exact) mass is 774 g/mol. The molecule has 284 valence electrons. The van der Waals surface area contributed by atoms with E-state index in [1.807, 2.05) is 0 Å². The van der Waals surface area contributed by atoms with E-state index in [0.717, 1.165) is 22.7 Å². The summed E-state index contributed by atoms with van der Waals surface area (Å²) in [5.74, 6) is 0. The lowest BCUT2D eigenvalue weighted by Crippen LogP contribution is -2.26. The van der Waals surface area contributed by atoms with Crippen molar-refractivity contribution >= 4 is 49.6 Å². The third-order valence-corrected chi connectivity index (χ3v) is 13.4. The van der Waals surface area contributed by atoms with Crippen LogP contribution in [0.5, 0.6) is 0 Å². The molecule has 0 saturated carbocycles. The number of fused-ring (bicyclic) bond motifs is 14. The zero-order chi connectivity index (χ0) is 40.1. The summed E-state index contributed by atoms with van der Waals surface area (Å²) in [6.07, 6.45) is 0. The summed E-state index contributed by atoms with van der Waals surface area (Å²) >= 11 is 0. The van der Waals surface area contributed by atoms with E-state index < -0.39 is 5.41 Å². The molecule has 0 bridgehead atoms. The first-order valence-corrected chi connectivity index (χ1v) is 21.2. The Morgan fingerprint density at radius 1 is 0.311 bits per heavy atom. The van der Waals surface area contributed by atoms with Crippen LogP contribution in [0.2, 0.25) is 0 Å². The maximum Gasteiger partial charge on any atom is 0.0726 e. The molecule has 2 aliphatic carbocycles. The lowest BCUT2D eigenvalue weighted by molar-refractivity contribution is 0.793. The minimum absolute atomic E-state index is 0.432. The smallest absolute Gasteiger partial charge is 0.0726 e. The molecule has 1 heterocycles. The normalized spacial score (nSPS) is 13.0. The maximum atomic E-state index is 2.49. The van der Waals surface area contributed by atoms with Crippen LogP contribution in [-0.2, 0) is 5.41 Å². The standard InChI is InChI=1S/C59H38N2/c1-2-18-43(19-3-1)61-57-28-13-9-24-51(57)52-33-30-42(37-58(52)61)41-17-14-20-44(36-41)60(45-31-29-39-15-4-5-16-40(39)35-45)46-32-34-50-49-23-8-12-27-55(49)59(56(50)38-46)53-25-10-6-21-47(53)48-22-7-11-26-54(48)59/h1-38H. The van der Waals surface area contributed by atoms with Gasteiger partial charge in [-0.2, -0.15) is 0 Å². The molecule has 0 aliphatic heterocycles. The molecule has 13 rings (SSSR count). The maximum absolute atomic E-state index is 2.49. The number of benzene rings is 10. The molecule has 0 fully saturated rings. The number of hydrogen-bond donors (Lipinski definition) is 0. The van der Waals surface area contributed by atoms with Gasteiger partial charge in [0.25, 0.3) is 0 Å². The molecule has 2 nitrogen and oxygen atoms in total. The van der Waals surface area contributed by atoms with Crippen molar-refractivity contribution in [2.75, 3.05) is 4.90 Å². The van der Waals surface area contributed by atoms with E-state index in [4.69, 9.17) is 0 Å². The summed E-state index contributed by atoms with van der Waals surface area (Å²) in [6, 6.07) is 85.4. The van der Waals surface area contributed by atoms with Gasteiger partial charge >= 0.3 is 0 Å². The van der Waals surface area contributed by atoms with Crippen LogP contribution in [0, 0.1) is 0 Å². The van der Waals surface area contributed by atoms with Gasteiger partial charge in [-0.15, -0.1) is 0 Å². The summed E-state index contributed by atoms with van der Waals surface area (Å²) in [6.45, 7) is 0. The predicted octanol–water partition coefficient (Wildman–Crippen LogP) is 15.4. The highest BCUT2D eigenvalue weighted by atomic mass is 15.1. The van der Waals surface area contributed by atoms with E-state index in [-0.39, 0.29) is 0 Å². The van der Waals surface area contributed by atoms with E-state index in [9.17, 15) is 0 Å². The third-order valence-electron chi connectivity index (χ3n) is 13.4. The van der Waals surface area contributed by atoms with Gasteiger partial charge < -0.3 is 9.47 Å². The topological polar surface area (TPSA) is 8.17 Å². The zero-order valence-electron chi connectivity index (χ0n) is 33.3. The molecule has 0 radical (unpaired) electrons. The minimum atomic E-state index is -0.432. The average Bonchev–Trinajstić information content (AvgIpc) is 3.93. The van der Waals surface area contributed by atoms with Crippen molar-refractivity contribution in [3.63, 3.8) is 0 Å². The number of para-hydroxylation sites is 2. The zero-order valence-corrected chi connectivity index (χ0v) is 33.3. The first-order valence-electron chi connectivity index (χ1n) is 21.2. The molecule has 11 aromatic rings.